The Kier molecular flexibility index (Phi) is 5.10. The van der Waals surface area contributed by atoms with E-state index in [4.69, 9.17) is 4.74 Å². The first-order valence-electron chi connectivity index (χ1n) is 5.76. The van der Waals surface area contributed by atoms with E-state index in [0.29, 0.717) is 0 Å². The highest BCUT2D eigenvalue weighted by atomic mass is 32.2. The molecule has 0 N–H and O–H groups in total. The van der Waals surface area contributed by atoms with Crippen LogP contribution < -0.4 is 4.74 Å². The average molecular weight is 307 g/mol. The van der Waals surface area contributed by atoms with Crippen LogP contribution in [-0.4, -0.2) is 22.6 Å². The minimum absolute atomic E-state index is 0.0721. The lowest BCUT2D eigenvalue weighted by Gasteiger charge is -2.17. The molecule has 0 radical (unpaired) electrons. The SMILES string of the molecule is COc1cc(C=N[S+]([O-])C(C)(C)C)cc(C(F)(F)F)c1. The molecule has 1 unspecified atom stereocenters. The van der Waals surface area contributed by atoms with Gasteiger partial charge in [-0.25, -0.2) is 0 Å². The standard InChI is InChI=1S/C13H16F3NO2S/c1-12(2,3)20(18)17-8-9-5-10(13(14,15)16)7-11(6-9)19-4/h5-8H,1-4H3. The van der Waals surface area contributed by atoms with E-state index in [0.717, 1.165) is 12.1 Å². The van der Waals surface area contributed by atoms with Gasteiger partial charge in [-0.15, -0.1) is 0 Å². The minimum atomic E-state index is -4.47. The molecule has 1 aromatic rings. The number of nitrogens with zero attached hydrogens (tertiary/aromatic N) is 1. The van der Waals surface area contributed by atoms with Crippen LogP contribution in [0.1, 0.15) is 31.9 Å². The first-order valence-corrected chi connectivity index (χ1v) is 6.87. The molecule has 0 heterocycles. The smallest absolute Gasteiger partial charge is 0.416 e. The first kappa shape index (κ1) is 16.8. The van der Waals surface area contributed by atoms with Crippen LogP contribution in [0.25, 0.3) is 0 Å². The normalized spacial score (nSPS) is 14.6. The van der Waals surface area contributed by atoms with Crippen LogP contribution in [0.15, 0.2) is 22.6 Å². The molecule has 1 aromatic carbocycles. The second-order valence-electron chi connectivity index (χ2n) is 5.09. The van der Waals surface area contributed by atoms with Gasteiger partial charge < -0.3 is 9.29 Å². The molecule has 1 atom stereocenters. The zero-order chi connectivity index (χ0) is 15.6. The van der Waals surface area contributed by atoms with E-state index in [-0.39, 0.29) is 11.3 Å². The van der Waals surface area contributed by atoms with E-state index in [9.17, 15) is 17.7 Å². The van der Waals surface area contributed by atoms with Crippen LogP contribution in [0.2, 0.25) is 0 Å². The Morgan fingerprint density at radius 1 is 1.20 bits per heavy atom. The zero-order valence-electron chi connectivity index (χ0n) is 11.6. The largest absolute Gasteiger partial charge is 0.591 e. The van der Waals surface area contributed by atoms with Crippen molar-refractivity contribution in [3.8, 4) is 5.75 Å². The lowest BCUT2D eigenvalue weighted by atomic mass is 10.1. The molecule has 112 valence electrons. The number of ether oxygens (including phenoxy) is 1. The van der Waals surface area contributed by atoms with Crippen molar-refractivity contribution in [1.29, 1.82) is 0 Å². The maximum absolute atomic E-state index is 12.7. The summed E-state index contributed by atoms with van der Waals surface area (Å²) in [7, 11) is 1.28. The predicted molar refractivity (Wildman–Crippen MR) is 73.5 cm³/mol. The summed E-state index contributed by atoms with van der Waals surface area (Å²) >= 11 is -1.53. The molecule has 0 saturated carbocycles. The fourth-order valence-corrected chi connectivity index (χ4v) is 1.78. The molecule has 0 aliphatic heterocycles. The molecule has 7 heteroatoms. The molecular formula is C13H16F3NO2S. The van der Waals surface area contributed by atoms with Crippen LogP contribution in [0.5, 0.6) is 5.75 Å². The number of benzene rings is 1. The average Bonchev–Trinajstić information content (AvgIpc) is 2.33. The van der Waals surface area contributed by atoms with Gasteiger partial charge in [0.1, 0.15) is 21.9 Å². The highest BCUT2D eigenvalue weighted by Gasteiger charge is 2.31. The minimum Gasteiger partial charge on any atom is -0.591 e. The van der Waals surface area contributed by atoms with Gasteiger partial charge in [-0.1, -0.05) is 4.40 Å². The summed E-state index contributed by atoms with van der Waals surface area (Å²) in [6.07, 6.45) is -3.31. The van der Waals surface area contributed by atoms with Crippen LogP contribution in [-0.2, 0) is 17.5 Å². The Hall–Kier alpha value is -1.21. The summed E-state index contributed by atoms with van der Waals surface area (Å²) in [5.41, 5.74) is -0.644. The Morgan fingerprint density at radius 3 is 2.25 bits per heavy atom. The van der Waals surface area contributed by atoms with Crippen molar-refractivity contribution in [3.05, 3.63) is 29.3 Å². The van der Waals surface area contributed by atoms with Crippen molar-refractivity contribution in [2.24, 2.45) is 4.40 Å². The number of hydrogen-bond donors (Lipinski definition) is 0. The van der Waals surface area contributed by atoms with Gasteiger partial charge in [0.2, 0.25) is 0 Å². The molecule has 1 rings (SSSR count). The zero-order valence-corrected chi connectivity index (χ0v) is 12.4. The monoisotopic (exact) mass is 307 g/mol. The third kappa shape index (κ3) is 4.72. The predicted octanol–water partition coefficient (Wildman–Crippen LogP) is 3.60. The quantitative estimate of drug-likeness (QED) is 0.632. The van der Waals surface area contributed by atoms with Gasteiger partial charge in [0.15, 0.2) is 0 Å². The Balaban J connectivity index is 3.10. The summed E-state index contributed by atoms with van der Waals surface area (Å²) < 4.78 is 57.9. The highest BCUT2D eigenvalue weighted by molar-refractivity contribution is 7.91. The number of alkyl halides is 3. The molecule has 0 aromatic heterocycles. The van der Waals surface area contributed by atoms with Gasteiger partial charge in [0.25, 0.3) is 0 Å². The fraction of sp³-hybridized carbons (Fsp3) is 0.462. The van der Waals surface area contributed by atoms with Crippen LogP contribution >= 0.6 is 0 Å². The molecule has 0 aliphatic carbocycles. The number of rotatable bonds is 3. The van der Waals surface area contributed by atoms with Crippen molar-refractivity contribution >= 4 is 17.6 Å². The molecular weight excluding hydrogens is 291 g/mol. The molecule has 3 nitrogen and oxygen atoms in total. The molecule has 20 heavy (non-hydrogen) atoms. The summed E-state index contributed by atoms with van der Waals surface area (Å²) in [5.74, 6) is 0.0721. The molecule has 0 fully saturated rings. The van der Waals surface area contributed by atoms with Crippen LogP contribution in [0, 0.1) is 0 Å². The van der Waals surface area contributed by atoms with E-state index in [2.05, 4.69) is 4.40 Å². The molecule has 0 aliphatic rings. The van der Waals surface area contributed by atoms with E-state index in [1.165, 1.54) is 19.4 Å². The lowest BCUT2D eigenvalue weighted by Crippen LogP contribution is -2.25. The molecule has 0 spiro atoms. The number of hydrogen-bond acceptors (Lipinski definition) is 3. The highest BCUT2D eigenvalue weighted by Crippen LogP contribution is 2.32. The van der Waals surface area contributed by atoms with Crippen LogP contribution in [0.4, 0.5) is 13.2 Å². The Labute approximate surface area is 119 Å². The van der Waals surface area contributed by atoms with E-state index in [1.807, 2.05) is 0 Å². The third-order valence-corrected chi connectivity index (χ3v) is 3.66. The second kappa shape index (κ2) is 6.05. The van der Waals surface area contributed by atoms with Crippen molar-refractivity contribution in [3.63, 3.8) is 0 Å². The van der Waals surface area contributed by atoms with Gasteiger partial charge in [0, 0.05) is 5.56 Å². The van der Waals surface area contributed by atoms with Gasteiger partial charge in [-0.2, -0.15) is 13.2 Å². The first-order chi connectivity index (χ1) is 9.04. The summed E-state index contributed by atoms with van der Waals surface area (Å²) in [6, 6.07) is 3.24. The van der Waals surface area contributed by atoms with Gasteiger partial charge in [-0.05, 0) is 39.0 Å². The van der Waals surface area contributed by atoms with E-state index in [1.54, 1.807) is 20.8 Å². The van der Waals surface area contributed by atoms with E-state index < -0.39 is 27.8 Å². The number of methoxy groups -OCH3 is 1. The fourth-order valence-electron chi connectivity index (χ4n) is 1.24. The molecule has 0 bridgehead atoms. The molecule has 0 amide bonds. The topological polar surface area (TPSA) is 44.6 Å². The van der Waals surface area contributed by atoms with Crippen molar-refractivity contribution in [2.75, 3.05) is 7.11 Å². The van der Waals surface area contributed by atoms with Crippen molar-refractivity contribution < 1.29 is 22.5 Å². The van der Waals surface area contributed by atoms with Crippen LogP contribution in [0.3, 0.4) is 0 Å². The van der Waals surface area contributed by atoms with Gasteiger partial charge in [-0.3, -0.25) is 0 Å². The van der Waals surface area contributed by atoms with Crippen molar-refractivity contribution in [2.45, 2.75) is 31.7 Å². The Bertz CT molecular complexity index is 495. The third-order valence-electron chi connectivity index (χ3n) is 2.31. The summed E-state index contributed by atoms with van der Waals surface area (Å²) in [4.78, 5) is 0. The second-order valence-corrected chi connectivity index (χ2v) is 7.02. The van der Waals surface area contributed by atoms with E-state index >= 15 is 0 Å². The number of halogens is 3. The van der Waals surface area contributed by atoms with Crippen molar-refractivity contribution in [1.82, 2.24) is 0 Å². The maximum Gasteiger partial charge on any atom is 0.416 e. The molecule has 0 saturated heterocycles. The summed E-state index contributed by atoms with van der Waals surface area (Å²) in [6.45, 7) is 5.19. The van der Waals surface area contributed by atoms with Gasteiger partial charge in [0.05, 0.1) is 18.9 Å². The Morgan fingerprint density at radius 2 is 1.80 bits per heavy atom. The maximum atomic E-state index is 12.7. The lowest BCUT2D eigenvalue weighted by molar-refractivity contribution is -0.137. The van der Waals surface area contributed by atoms with Gasteiger partial charge >= 0.3 is 6.18 Å². The summed E-state index contributed by atoms with van der Waals surface area (Å²) in [5, 5.41) is 0.